The van der Waals surface area contributed by atoms with Crippen LogP contribution in [-0.4, -0.2) is 15.0 Å². The molecular formula is C56H37N3O. The average Bonchev–Trinajstić information content (AvgIpc) is 3.34. The number of aromatic nitrogens is 3. The number of pyridine rings is 1. The Morgan fingerprint density at radius 1 is 0.367 bits per heavy atom. The van der Waals surface area contributed by atoms with Crippen molar-refractivity contribution in [1.29, 1.82) is 0 Å². The van der Waals surface area contributed by atoms with Crippen LogP contribution in [0, 0.1) is 0 Å². The van der Waals surface area contributed by atoms with Crippen LogP contribution >= 0.6 is 0 Å². The van der Waals surface area contributed by atoms with E-state index in [0.717, 1.165) is 95.0 Å². The summed E-state index contributed by atoms with van der Waals surface area (Å²) in [6, 6.07) is 76.6. The van der Waals surface area contributed by atoms with Crippen molar-refractivity contribution in [2.45, 2.75) is 5.41 Å². The second-order valence-corrected chi connectivity index (χ2v) is 15.2. The number of hydrogen-bond donors (Lipinski definition) is 0. The number of rotatable bonds is 7. The molecule has 0 fully saturated rings. The van der Waals surface area contributed by atoms with Gasteiger partial charge >= 0.3 is 0 Å². The quantitative estimate of drug-likeness (QED) is 0.162. The average molecular weight is 768 g/mol. The summed E-state index contributed by atoms with van der Waals surface area (Å²) in [7, 11) is 0. The molecule has 10 aromatic rings. The number of ether oxygens (including phenoxy) is 1. The highest BCUT2D eigenvalue weighted by atomic mass is 16.5. The second kappa shape index (κ2) is 14.8. The Hall–Kier alpha value is -7.95. The van der Waals surface area contributed by atoms with Crippen LogP contribution in [0.1, 0.15) is 22.3 Å². The third-order valence-corrected chi connectivity index (χ3v) is 11.7. The molecule has 282 valence electrons. The molecule has 0 bridgehead atoms. The van der Waals surface area contributed by atoms with Crippen LogP contribution in [0.25, 0.3) is 67.1 Å². The fourth-order valence-electron chi connectivity index (χ4n) is 8.84. The Balaban J connectivity index is 1.10. The van der Waals surface area contributed by atoms with Crippen LogP contribution in [0.5, 0.6) is 11.5 Å². The topological polar surface area (TPSA) is 47.9 Å². The van der Waals surface area contributed by atoms with Gasteiger partial charge in [0.25, 0.3) is 0 Å². The van der Waals surface area contributed by atoms with Crippen molar-refractivity contribution in [2.24, 2.45) is 0 Å². The molecule has 0 spiro atoms. The number of hydrogen-bond acceptors (Lipinski definition) is 4. The van der Waals surface area contributed by atoms with Crippen LogP contribution in [0.15, 0.2) is 225 Å². The van der Waals surface area contributed by atoms with Gasteiger partial charge in [0.05, 0.1) is 22.3 Å². The van der Waals surface area contributed by atoms with Crippen LogP contribution in [0.4, 0.5) is 0 Å². The summed E-state index contributed by atoms with van der Waals surface area (Å²) in [5, 5.41) is 1.13. The van der Waals surface area contributed by atoms with Gasteiger partial charge in [0.15, 0.2) is 5.82 Å². The lowest BCUT2D eigenvalue weighted by Crippen LogP contribution is -2.34. The van der Waals surface area contributed by atoms with Gasteiger partial charge in [0, 0.05) is 45.0 Å². The van der Waals surface area contributed by atoms with E-state index in [1.54, 1.807) is 0 Å². The summed E-state index contributed by atoms with van der Waals surface area (Å²) < 4.78 is 6.91. The van der Waals surface area contributed by atoms with Crippen LogP contribution < -0.4 is 4.74 Å². The molecule has 0 N–H and O–H groups in total. The maximum absolute atomic E-state index is 6.91. The Morgan fingerprint density at radius 3 is 1.47 bits per heavy atom. The molecule has 8 aromatic carbocycles. The second-order valence-electron chi connectivity index (χ2n) is 15.2. The fourth-order valence-corrected chi connectivity index (χ4v) is 8.84. The van der Waals surface area contributed by atoms with Crippen LogP contribution in [-0.2, 0) is 5.41 Å². The molecule has 0 radical (unpaired) electrons. The molecule has 0 amide bonds. The minimum absolute atomic E-state index is 0.647. The summed E-state index contributed by atoms with van der Waals surface area (Å²) in [6.07, 6.45) is 1.86. The van der Waals surface area contributed by atoms with E-state index >= 15 is 0 Å². The summed E-state index contributed by atoms with van der Waals surface area (Å²) in [5.74, 6) is 2.26. The first-order valence-electron chi connectivity index (χ1n) is 20.3. The van der Waals surface area contributed by atoms with Crippen molar-refractivity contribution >= 4 is 10.9 Å². The van der Waals surface area contributed by atoms with Gasteiger partial charge in [-0.15, -0.1) is 0 Å². The maximum Gasteiger partial charge on any atom is 0.160 e. The van der Waals surface area contributed by atoms with E-state index in [0.29, 0.717) is 5.82 Å². The third kappa shape index (κ3) is 6.05. The lowest BCUT2D eigenvalue weighted by molar-refractivity contribution is 0.435. The number of fused-ring (bicyclic) bond motifs is 3. The summed E-state index contributed by atoms with van der Waals surface area (Å²) in [4.78, 5) is 15.2. The first-order valence-corrected chi connectivity index (χ1v) is 20.3. The molecule has 1 aliphatic rings. The summed E-state index contributed by atoms with van der Waals surface area (Å²) in [6.45, 7) is 0. The number of para-hydroxylation sites is 1. The van der Waals surface area contributed by atoms with Crippen molar-refractivity contribution in [2.75, 3.05) is 0 Å². The van der Waals surface area contributed by atoms with Crippen LogP contribution in [0.3, 0.4) is 0 Å². The normalized spacial score (nSPS) is 12.6. The number of nitrogens with zero attached hydrogens (tertiary/aromatic N) is 3. The van der Waals surface area contributed by atoms with Gasteiger partial charge in [-0.25, -0.2) is 9.97 Å². The van der Waals surface area contributed by atoms with E-state index in [2.05, 4.69) is 176 Å². The molecule has 2 aromatic heterocycles. The largest absolute Gasteiger partial charge is 0.457 e. The summed E-state index contributed by atoms with van der Waals surface area (Å²) in [5.41, 5.74) is 13.8. The molecule has 4 heteroatoms. The molecule has 0 aliphatic carbocycles. The first kappa shape index (κ1) is 35.2. The smallest absolute Gasteiger partial charge is 0.160 e. The molecule has 0 saturated carbocycles. The molecule has 3 heterocycles. The van der Waals surface area contributed by atoms with Gasteiger partial charge in [0.2, 0.25) is 0 Å². The van der Waals surface area contributed by atoms with Gasteiger partial charge < -0.3 is 4.74 Å². The van der Waals surface area contributed by atoms with Gasteiger partial charge in [-0.1, -0.05) is 176 Å². The zero-order valence-electron chi connectivity index (χ0n) is 32.6. The van der Waals surface area contributed by atoms with Crippen molar-refractivity contribution in [1.82, 2.24) is 15.0 Å². The Labute approximate surface area is 349 Å². The molecule has 0 saturated heterocycles. The molecule has 0 unspecified atom stereocenters. The maximum atomic E-state index is 6.91. The zero-order chi connectivity index (χ0) is 39.9. The fraction of sp³-hybridized carbons (Fsp3) is 0.0179. The number of benzene rings is 8. The van der Waals surface area contributed by atoms with E-state index in [1.807, 2.05) is 48.7 Å². The lowest BCUT2D eigenvalue weighted by atomic mass is 9.63. The SMILES string of the molecule is c1ccc(-c2cc(-c3ccccc3)nc(-c3ccc4c(c3)C(c3ccccc3)(c3ccccc3)c3cc(-c5ccc(-c6cccc7cccnc67)cc5)ccc3O4)n2)cc1. The highest BCUT2D eigenvalue weighted by Crippen LogP contribution is 2.56. The first-order chi connectivity index (χ1) is 29.7. The predicted octanol–water partition coefficient (Wildman–Crippen LogP) is 13.8. The van der Waals surface area contributed by atoms with Crippen molar-refractivity contribution < 1.29 is 4.74 Å². The third-order valence-electron chi connectivity index (χ3n) is 11.7. The Bertz CT molecular complexity index is 3050. The van der Waals surface area contributed by atoms with Crippen molar-refractivity contribution in [3.63, 3.8) is 0 Å². The van der Waals surface area contributed by atoms with Crippen molar-refractivity contribution in [3.05, 3.63) is 247 Å². The van der Waals surface area contributed by atoms with Crippen LogP contribution in [0.2, 0.25) is 0 Å². The standard InChI is InChI=1S/C56H37N3O/c1-5-15-40(16-6-1)50-37-51(41-17-7-2-8-18-41)59-55(58-50)44-31-33-53-49(36-44)56(45-21-9-3-10-22-45,46-23-11-4-12-24-46)48-35-43(30-32-52(48)60-53)38-26-28-39(29-27-38)47-25-13-19-42-20-14-34-57-54(42)47/h1-37H. The molecular weight excluding hydrogens is 731 g/mol. The Kier molecular flexibility index (Phi) is 8.67. The lowest BCUT2D eigenvalue weighted by Gasteiger charge is -2.42. The van der Waals surface area contributed by atoms with Gasteiger partial charge in [-0.05, 0) is 70.3 Å². The molecule has 1 aliphatic heterocycles. The molecule has 11 rings (SSSR count). The molecule has 0 atom stereocenters. The van der Waals surface area contributed by atoms with Gasteiger partial charge in [0.1, 0.15) is 11.5 Å². The Morgan fingerprint density at radius 2 is 0.867 bits per heavy atom. The van der Waals surface area contributed by atoms with E-state index in [4.69, 9.17) is 19.7 Å². The molecule has 4 nitrogen and oxygen atoms in total. The minimum atomic E-state index is -0.745. The van der Waals surface area contributed by atoms with Gasteiger partial charge in [-0.2, -0.15) is 0 Å². The van der Waals surface area contributed by atoms with E-state index in [1.165, 1.54) is 0 Å². The van der Waals surface area contributed by atoms with Crippen molar-refractivity contribution in [3.8, 4) is 67.7 Å². The zero-order valence-corrected chi connectivity index (χ0v) is 32.6. The van der Waals surface area contributed by atoms with E-state index in [-0.39, 0.29) is 0 Å². The van der Waals surface area contributed by atoms with E-state index < -0.39 is 5.41 Å². The van der Waals surface area contributed by atoms with Gasteiger partial charge in [-0.3, -0.25) is 4.98 Å². The highest BCUT2D eigenvalue weighted by molar-refractivity contribution is 5.94. The summed E-state index contributed by atoms with van der Waals surface area (Å²) >= 11 is 0. The highest BCUT2D eigenvalue weighted by Gasteiger charge is 2.45. The molecule has 60 heavy (non-hydrogen) atoms. The monoisotopic (exact) mass is 767 g/mol. The predicted molar refractivity (Wildman–Crippen MR) is 243 cm³/mol. The van der Waals surface area contributed by atoms with E-state index in [9.17, 15) is 0 Å². The minimum Gasteiger partial charge on any atom is -0.457 e.